The Bertz CT molecular complexity index is 989. The van der Waals surface area contributed by atoms with E-state index in [9.17, 15) is 4.79 Å². The van der Waals surface area contributed by atoms with Gasteiger partial charge in [-0.2, -0.15) is 0 Å². The minimum atomic E-state index is -0.520. The Kier molecular flexibility index (Phi) is 8.78. The van der Waals surface area contributed by atoms with Crippen LogP contribution in [0.1, 0.15) is 58.9 Å². The first-order chi connectivity index (χ1) is 13.8. The molecule has 2 aromatic rings. The highest BCUT2D eigenvalue weighted by atomic mass is 35.5. The molecular weight excluding hydrogens is 384 g/mol. The molecule has 29 heavy (non-hydrogen) atoms. The van der Waals surface area contributed by atoms with Crippen LogP contribution in [0.4, 0.5) is 0 Å². The van der Waals surface area contributed by atoms with E-state index in [1.54, 1.807) is 6.07 Å². The van der Waals surface area contributed by atoms with E-state index in [0.29, 0.717) is 17.9 Å². The lowest BCUT2D eigenvalue weighted by atomic mass is 10.1. The third-order valence-corrected chi connectivity index (χ3v) is 5.31. The first kappa shape index (κ1) is 23.0. The molecule has 156 valence electrons. The van der Waals surface area contributed by atoms with Gasteiger partial charge in [-0.3, -0.25) is 0 Å². The Morgan fingerprint density at radius 1 is 1.03 bits per heavy atom. The maximum Gasteiger partial charge on any atom is 0.355 e. The molecule has 0 aliphatic carbocycles. The van der Waals surface area contributed by atoms with Gasteiger partial charge >= 0.3 is 5.63 Å². The summed E-state index contributed by atoms with van der Waals surface area (Å²) >= 11 is 5.96. The van der Waals surface area contributed by atoms with Crippen molar-refractivity contribution in [3.63, 3.8) is 0 Å². The second kappa shape index (κ2) is 11.1. The lowest BCUT2D eigenvalue weighted by Crippen LogP contribution is -2.02. The maximum absolute atomic E-state index is 11.7. The molecule has 2 rings (SSSR count). The van der Waals surface area contributed by atoms with Gasteiger partial charge in [0, 0.05) is 11.5 Å². The number of rotatable bonds is 9. The van der Waals surface area contributed by atoms with Gasteiger partial charge in [-0.15, -0.1) is 0 Å². The number of fused-ring (bicyclic) bond motifs is 1. The van der Waals surface area contributed by atoms with Crippen molar-refractivity contribution in [2.45, 2.75) is 60.3 Å². The van der Waals surface area contributed by atoms with Crippen molar-refractivity contribution in [1.29, 1.82) is 0 Å². The molecule has 0 spiro atoms. The van der Waals surface area contributed by atoms with Gasteiger partial charge in [0.05, 0.1) is 0 Å². The number of hydrogen-bond donors (Lipinski definition) is 0. The van der Waals surface area contributed by atoms with Crippen molar-refractivity contribution >= 4 is 22.6 Å². The molecule has 0 bridgehead atoms. The van der Waals surface area contributed by atoms with Crippen LogP contribution in [0.2, 0.25) is 5.02 Å². The summed E-state index contributed by atoms with van der Waals surface area (Å²) in [6.07, 6.45) is 11.0. The number of ether oxygens (including phenoxy) is 1. The molecule has 1 aromatic carbocycles. The fourth-order valence-corrected chi connectivity index (χ4v) is 3.16. The van der Waals surface area contributed by atoms with Gasteiger partial charge in [-0.25, -0.2) is 4.79 Å². The van der Waals surface area contributed by atoms with Crippen LogP contribution in [0, 0.1) is 6.92 Å². The third kappa shape index (κ3) is 7.25. The Hall–Kier alpha value is -2.26. The van der Waals surface area contributed by atoms with Crippen LogP contribution in [0.15, 0.2) is 62.4 Å². The molecule has 0 atom stereocenters. The maximum atomic E-state index is 11.7. The lowest BCUT2D eigenvalue weighted by Gasteiger charge is -2.07. The number of benzene rings is 1. The normalized spacial score (nSPS) is 12.3. The van der Waals surface area contributed by atoms with Crippen molar-refractivity contribution in [3.05, 3.63) is 74.2 Å². The Labute approximate surface area is 178 Å². The van der Waals surface area contributed by atoms with Crippen LogP contribution >= 0.6 is 11.6 Å². The predicted octanol–water partition coefficient (Wildman–Crippen LogP) is 7.55. The number of halogens is 1. The standard InChI is InChI=1S/C25H31ClO3/c1-17(2)8-6-9-18(3)10-7-11-19(4)14-15-28-21-12-13-22-20(5)24(26)25(27)29-23(22)16-21/h8,10,12-14,16H,6-7,9,11,15H2,1-5H3. The minimum absolute atomic E-state index is 0.131. The molecular formula is C25H31ClO3. The van der Waals surface area contributed by atoms with Gasteiger partial charge < -0.3 is 9.15 Å². The van der Waals surface area contributed by atoms with Gasteiger partial charge in [0.25, 0.3) is 0 Å². The van der Waals surface area contributed by atoms with Crippen LogP contribution in [0.25, 0.3) is 11.0 Å². The zero-order valence-corrected chi connectivity index (χ0v) is 18.9. The van der Waals surface area contributed by atoms with Crippen LogP contribution in [-0.4, -0.2) is 6.61 Å². The van der Waals surface area contributed by atoms with E-state index in [2.05, 4.69) is 45.9 Å². The second-order valence-electron chi connectivity index (χ2n) is 7.76. The SMILES string of the molecule is CC(C)=CCCC(C)=CCCC(C)=CCOc1ccc2c(C)c(Cl)c(=O)oc2c1. The van der Waals surface area contributed by atoms with E-state index in [4.69, 9.17) is 20.8 Å². The van der Waals surface area contributed by atoms with E-state index in [1.165, 1.54) is 16.7 Å². The van der Waals surface area contributed by atoms with Gasteiger partial charge in [0.1, 0.15) is 23.0 Å². The molecule has 1 heterocycles. The predicted molar refractivity (Wildman–Crippen MR) is 123 cm³/mol. The van der Waals surface area contributed by atoms with Gasteiger partial charge in [0.2, 0.25) is 0 Å². The quantitative estimate of drug-likeness (QED) is 0.314. The van der Waals surface area contributed by atoms with Gasteiger partial charge in [-0.1, -0.05) is 40.5 Å². The van der Waals surface area contributed by atoms with Crippen molar-refractivity contribution in [1.82, 2.24) is 0 Å². The van der Waals surface area contributed by atoms with Crippen LogP contribution < -0.4 is 10.4 Å². The molecule has 0 unspecified atom stereocenters. The highest BCUT2D eigenvalue weighted by molar-refractivity contribution is 6.31. The van der Waals surface area contributed by atoms with E-state index in [-0.39, 0.29) is 5.02 Å². The molecule has 4 heteroatoms. The fraction of sp³-hybridized carbons (Fsp3) is 0.400. The molecule has 3 nitrogen and oxygen atoms in total. The summed E-state index contributed by atoms with van der Waals surface area (Å²) in [5.74, 6) is 0.668. The lowest BCUT2D eigenvalue weighted by molar-refractivity contribution is 0.361. The minimum Gasteiger partial charge on any atom is -0.489 e. The molecule has 0 saturated carbocycles. The molecule has 0 aliphatic heterocycles. The highest BCUT2D eigenvalue weighted by Gasteiger charge is 2.09. The summed E-state index contributed by atoms with van der Waals surface area (Å²) in [5, 5.41) is 0.950. The summed E-state index contributed by atoms with van der Waals surface area (Å²) in [7, 11) is 0. The number of hydrogen-bond acceptors (Lipinski definition) is 3. The van der Waals surface area contributed by atoms with E-state index < -0.39 is 5.63 Å². The van der Waals surface area contributed by atoms with Gasteiger partial charge in [-0.05, 0) is 84.1 Å². The smallest absolute Gasteiger partial charge is 0.355 e. The summed E-state index contributed by atoms with van der Waals surface area (Å²) < 4.78 is 11.1. The number of aryl methyl sites for hydroxylation is 1. The molecule has 1 aromatic heterocycles. The first-order valence-electron chi connectivity index (χ1n) is 10.1. The van der Waals surface area contributed by atoms with Crippen molar-refractivity contribution < 1.29 is 9.15 Å². The summed E-state index contributed by atoms with van der Waals surface area (Å²) in [5.41, 5.74) is 4.82. The average molecular weight is 415 g/mol. The second-order valence-corrected chi connectivity index (χ2v) is 8.14. The zero-order valence-electron chi connectivity index (χ0n) is 18.1. The number of allylic oxidation sites excluding steroid dienone is 5. The van der Waals surface area contributed by atoms with E-state index in [1.807, 2.05) is 19.1 Å². The monoisotopic (exact) mass is 414 g/mol. The van der Waals surface area contributed by atoms with Gasteiger partial charge in [0.15, 0.2) is 0 Å². The molecule has 0 radical (unpaired) electrons. The Morgan fingerprint density at radius 2 is 1.69 bits per heavy atom. The summed E-state index contributed by atoms with van der Waals surface area (Å²) in [4.78, 5) is 11.7. The summed E-state index contributed by atoms with van der Waals surface area (Å²) in [6.45, 7) is 10.9. The molecule has 0 N–H and O–H groups in total. The highest BCUT2D eigenvalue weighted by Crippen LogP contribution is 2.26. The molecule has 0 fully saturated rings. The zero-order chi connectivity index (χ0) is 21.4. The Balaban J connectivity index is 1.86. The van der Waals surface area contributed by atoms with Crippen molar-refractivity contribution in [3.8, 4) is 5.75 Å². The Morgan fingerprint density at radius 3 is 2.38 bits per heavy atom. The van der Waals surface area contributed by atoms with Crippen LogP contribution in [0.3, 0.4) is 0 Å². The summed E-state index contributed by atoms with van der Waals surface area (Å²) in [6, 6.07) is 5.48. The topological polar surface area (TPSA) is 39.4 Å². The molecule has 0 aliphatic rings. The molecule has 0 saturated heterocycles. The van der Waals surface area contributed by atoms with Crippen LogP contribution in [-0.2, 0) is 0 Å². The van der Waals surface area contributed by atoms with Crippen molar-refractivity contribution in [2.24, 2.45) is 0 Å². The van der Waals surface area contributed by atoms with E-state index >= 15 is 0 Å². The largest absolute Gasteiger partial charge is 0.489 e. The third-order valence-electron chi connectivity index (χ3n) is 4.87. The average Bonchev–Trinajstić information content (AvgIpc) is 2.66. The van der Waals surface area contributed by atoms with E-state index in [0.717, 1.165) is 36.6 Å². The fourth-order valence-electron chi connectivity index (χ4n) is 3.02. The van der Waals surface area contributed by atoms with Crippen LogP contribution in [0.5, 0.6) is 5.75 Å². The molecule has 0 amide bonds. The first-order valence-corrected chi connectivity index (χ1v) is 10.5. The van der Waals surface area contributed by atoms with Crippen molar-refractivity contribution in [2.75, 3.05) is 6.61 Å².